The van der Waals surface area contributed by atoms with E-state index in [2.05, 4.69) is 58.5 Å². The second-order valence-corrected chi connectivity index (χ2v) is 14.9. The fourth-order valence-electron chi connectivity index (χ4n) is 6.77. The van der Waals surface area contributed by atoms with Gasteiger partial charge in [-0.15, -0.1) is 0 Å². The number of aromatic nitrogens is 4. The molecule has 0 radical (unpaired) electrons. The molecule has 2 saturated heterocycles. The maximum atomic E-state index is 12.9. The van der Waals surface area contributed by atoms with Crippen molar-refractivity contribution in [3.8, 4) is 22.3 Å². The number of carbonyl (C=O) groups excluding carboxylic acids is 2. The fraction of sp³-hybridized carbons (Fsp3) is 0.421. The molecule has 2 aliphatic rings. The normalized spacial score (nSPS) is 18.6. The maximum Gasteiger partial charge on any atom is 0.410 e. The Morgan fingerprint density at radius 1 is 0.625 bits per heavy atom. The molecule has 2 N–H and O–H groups in total. The van der Waals surface area contributed by atoms with Crippen LogP contribution in [0.25, 0.3) is 44.3 Å². The molecule has 0 spiro atoms. The SMILES string of the molecule is CC(C)(C)OC(=O)N1CCCC1c1nc2ccc(-c3ccc(-c4ccc5nc([C@@H]6CCCN6C(=O)OC(C)(C)C)[nH]c5c4)cc3)cc2[nH]1. The molecule has 250 valence electrons. The van der Waals surface area contributed by atoms with Crippen LogP contribution in [0.3, 0.4) is 0 Å². The summed E-state index contributed by atoms with van der Waals surface area (Å²) in [6.07, 6.45) is 2.95. The number of H-pyrrole nitrogens is 2. The summed E-state index contributed by atoms with van der Waals surface area (Å²) < 4.78 is 11.3. The number of carbonyl (C=O) groups is 2. The summed E-state index contributed by atoms with van der Waals surface area (Å²) in [5.41, 5.74) is 6.91. The molecule has 10 nitrogen and oxygen atoms in total. The van der Waals surface area contributed by atoms with E-state index in [0.29, 0.717) is 13.1 Å². The van der Waals surface area contributed by atoms with Crippen LogP contribution in [-0.2, 0) is 9.47 Å². The Kier molecular flexibility index (Phi) is 7.92. The second kappa shape index (κ2) is 12.0. The van der Waals surface area contributed by atoms with Crippen molar-refractivity contribution in [3.05, 3.63) is 72.3 Å². The minimum atomic E-state index is -0.542. The molecule has 2 fully saturated rings. The number of rotatable bonds is 4. The van der Waals surface area contributed by atoms with Crippen molar-refractivity contribution in [2.24, 2.45) is 0 Å². The van der Waals surface area contributed by atoms with Crippen LogP contribution in [0.1, 0.15) is 91.0 Å². The highest BCUT2D eigenvalue weighted by molar-refractivity contribution is 5.85. The number of hydrogen-bond donors (Lipinski definition) is 2. The molecule has 2 aromatic heterocycles. The van der Waals surface area contributed by atoms with Crippen LogP contribution in [0.5, 0.6) is 0 Å². The highest BCUT2D eigenvalue weighted by atomic mass is 16.6. The molecule has 10 heteroatoms. The van der Waals surface area contributed by atoms with Crippen LogP contribution in [0.4, 0.5) is 9.59 Å². The topological polar surface area (TPSA) is 116 Å². The van der Waals surface area contributed by atoms with Crippen LogP contribution in [0, 0.1) is 0 Å². The number of amides is 2. The van der Waals surface area contributed by atoms with Gasteiger partial charge in [-0.1, -0.05) is 36.4 Å². The van der Waals surface area contributed by atoms with Crippen LogP contribution in [0.2, 0.25) is 0 Å². The number of aromatic amines is 2. The Balaban J connectivity index is 1.08. The fourth-order valence-corrected chi connectivity index (χ4v) is 6.77. The summed E-state index contributed by atoms with van der Waals surface area (Å²) in [6, 6.07) is 20.8. The van der Waals surface area contributed by atoms with Gasteiger partial charge in [0, 0.05) is 13.1 Å². The predicted octanol–water partition coefficient (Wildman–Crippen LogP) is 8.92. The van der Waals surface area contributed by atoms with E-state index in [-0.39, 0.29) is 24.3 Å². The molecule has 0 saturated carbocycles. The van der Waals surface area contributed by atoms with Crippen molar-refractivity contribution in [2.75, 3.05) is 13.1 Å². The van der Waals surface area contributed by atoms with E-state index in [1.807, 2.05) is 53.7 Å². The Hall–Kier alpha value is -4.86. The van der Waals surface area contributed by atoms with Crippen LogP contribution in [-0.4, -0.2) is 66.2 Å². The van der Waals surface area contributed by atoms with Crippen molar-refractivity contribution in [3.63, 3.8) is 0 Å². The van der Waals surface area contributed by atoms with Crippen molar-refractivity contribution in [2.45, 2.75) is 90.5 Å². The van der Waals surface area contributed by atoms with Gasteiger partial charge in [-0.3, -0.25) is 9.80 Å². The van der Waals surface area contributed by atoms with Crippen molar-refractivity contribution >= 4 is 34.3 Å². The highest BCUT2D eigenvalue weighted by Crippen LogP contribution is 2.36. The third-order valence-electron chi connectivity index (χ3n) is 8.94. The van der Waals surface area contributed by atoms with Gasteiger partial charge < -0.3 is 19.4 Å². The lowest BCUT2D eigenvalue weighted by molar-refractivity contribution is 0.0208. The van der Waals surface area contributed by atoms with Gasteiger partial charge in [0.15, 0.2) is 0 Å². The second-order valence-electron chi connectivity index (χ2n) is 14.9. The first kappa shape index (κ1) is 31.7. The summed E-state index contributed by atoms with van der Waals surface area (Å²) in [7, 11) is 0. The zero-order valence-electron chi connectivity index (χ0n) is 28.6. The zero-order chi connectivity index (χ0) is 33.8. The van der Waals surface area contributed by atoms with Gasteiger partial charge in [0.1, 0.15) is 22.9 Å². The molecule has 2 aliphatic heterocycles. The van der Waals surface area contributed by atoms with Gasteiger partial charge in [0.05, 0.1) is 34.2 Å². The highest BCUT2D eigenvalue weighted by Gasteiger charge is 2.36. The largest absolute Gasteiger partial charge is 0.444 e. The Morgan fingerprint density at radius 2 is 1.00 bits per heavy atom. The smallest absolute Gasteiger partial charge is 0.410 e. The minimum absolute atomic E-state index is 0.125. The molecule has 0 aliphatic carbocycles. The van der Waals surface area contributed by atoms with E-state index in [4.69, 9.17) is 19.4 Å². The van der Waals surface area contributed by atoms with Crippen molar-refractivity contribution in [1.29, 1.82) is 0 Å². The van der Waals surface area contributed by atoms with Gasteiger partial charge in [0.2, 0.25) is 0 Å². The molecule has 1 unspecified atom stereocenters. The summed E-state index contributed by atoms with van der Waals surface area (Å²) in [4.78, 5) is 46.0. The molecule has 2 amide bonds. The van der Waals surface area contributed by atoms with E-state index in [1.165, 1.54) is 0 Å². The molecule has 0 bridgehead atoms. The molecular formula is C38H44N6O4. The number of imidazole rings is 2. The number of fused-ring (bicyclic) bond motifs is 2. The summed E-state index contributed by atoms with van der Waals surface area (Å²) in [6.45, 7) is 12.7. The number of benzene rings is 3. The number of nitrogens with one attached hydrogen (secondary N) is 2. The van der Waals surface area contributed by atoms with Gasteiger partial charge in [0.25, 0.3) is 0 Å². The van der Waals surface area contributed by atoms with Gasteiger partial charge in [-0.2, -0.15) is 0 Å². The number of ether oxygens (including phenoxy) is 2. The zero-order valence-corrected chi connectivity index (χ0v) is 28.6. The van der Waals surface area contributed by atoms with Gasteiger partial charge >= 0.3 is 12.2 Å². The van der Waals surface area contributed by atoms with E-state index in [9.17, 15) is 9.59 Å². The van der Waals surface area contributed by atoms with Crippen molar-refractivity contribution in [1.82, 2.24) is 29.7 Å². The van der Waals surface area contributed by atoms with Crippen molar-refractivity contribution < 1.29 is 19.1 Å². The molecule has 48 heavy (non-hydrogen) atoms. The average molecular weight is 649 g/mol. The third kappa shape index (κ3) is 6.48. The monoisotopic (exact) mass is 648 g/mol. The first-order valence-corrected chi connectivity index (χ1v) is 16.9. The Bertz CT molecular complexity index is 1840. The molecule has 5 aromatic rings. The quantitative estimate of drug-likeness (QED) is 0.201. The number of nitrogens with zero attached hydrogens (tertiary/aromatic N) is 4. The minimum Gasteiger partial charge on any atom is -0.444 e. The lowest BCUT2D eigenvalue weighted by Gasteiger charge is -2.27. The summed E-state index contributed by atoms with van der Waals surface area (Å²) >= 11 is 0. The Morgan fingerprint density at radius 3 is 1.38 bits per heavy atom. The van der Waals surface area contributed by atoms with E-state index in [0.717, 1.165) is 81.7 Å². The standard InChI is InChI=1S/C38H44N6O4/c1-37(2,3)47-35(45)43-19-7-9-31(43)33-39-27-17-15-25(21-29(27)41-33)23-11-13-24(14-12-23)26-16-18-28-30(22-26)42-34(40-28)32-10-8-20-44(32)36(46)48-38(4,5)6/h11-18,21-22,31-32H,7-10,19-20H2,1-6H3,(H,39,41)(H,40,42)/t31-,32?/m0/s1. The first-order chi connectivity index (χ1) is 22.8. The van der Waals surface area contributed by atoms with E-state index in [1.54, 1.807) is 9.80 Å². The lowest BCUT2D eigenvalue weighted by atomic mass is 10.00. The van der Waals surface area contributed by atoms with Crippen LogP contribution < -0.4 is 0 Å². The molecule has 3 aromatic carbocycles. The molecule has 2 atom stereocenters. The lowest BCUT2D eigenvalue weighted by Crippen LogP contribution is -2.36. The molecule has 7 rings (SSSR count). The van der Waals surface area contributed by atoms with E-state index >= 15 is 0 Å². The van der Waals surface area contributed by atoms with E-state index < -0.39 is 11.2 Å². The summed E-state index contributed by atoms with van der Waals surface area (Å²) in [5, 5.41) is 0. The number of likely N-dealkylation sites (tertiary alicyclic amines) is 2. The average Bonchev–Trinajstić information content (AvgIpc) is 3.83. The third-order valence-corrected chi connectivity index (χ3v) is 8.94. The molecular weight excluding hydrogens is 604 g/mol. The van der Waals surface area contributed by atoms with Crippen LogP contribution >= 0.6 is 0 Å². The van der Waals surface area contributed by atoms with Crippen LogP contribution in [0.15, 0.2) is 60.7 Å². The number of hydrogen-bond acceptors (Lipinski definition) is 6. The maximum absolute atomic E-state index is 12.9. The van der Waals surface area contributed by atoms with Gasteiger partial charge in [-0.25, -0.2) is 19.6 Å². The molecule has 4 heterocycles. The first-order valence-electron chi connectivity index (χ1n) is 16.9. The summed E-state index contributed by atoms with van der Waals surface area (Å²) in [5.74, 6) is 1.59. The van der Waals surface area contributed by atoms with Gasteiger partial charge in [-0.05, 0) is 114 Å². The Labute approximate surface area is 280 Å². The predicted molar refractivity (Wildman–Crippen MR) is 186 cm³/mol.